The van der Waals surface area contributed by atoms with Crippen molar-refractivity contribution in [1.82, 2.24) is 20.2 Å². The monoisotopic (exact) mass is 383 g/mol. The lowest BCUT2D eigenvalue weighted by molar-refractivity contribution is 0.0949. The number of piperazine rings is 1. The van der Waals surface area contributed by atoms with Gasteiger partial charge in [0.15, 0.2) is 0 Å². The molecule has 2 aromatic rings. The molecule has 2 heterocycles. The summed E-state index contributed by atoms with van der Waals surface area (Å²) in [6, 6.07) is 9.58. The molecule has 0 bridgehead atoms. The van der Waals surface area contributed by atoms with Gasteiger partial charge in [0.05, 0.1) is 7.11 Å². The third-order valence-corrected chi connectivity index (χ3v) is 5.05. The average molecular weight is 383 g/mol. The Kier molecular flexibility index (Phi) is 6.81. The first-order valence-electron chi connectivity index (χ1n) is 9.83. The SMILES string of the molecule is CCN1CCN(c2nc(C)cc(C(=O)NCCc3ccccc3OC)n2)CC1. The van der Waals surface area contributed by atoms with Gasteiger partial charge in [-0.25, -0.2) is 9.97 Å². The Bertz CT molecular complexity index is 803. The van der Waals surface area contributed by atoms with E-state index in [1.165, 1.54) is 0 Å². The fourth-order valence-electron chi connectivity index (χ4n) is 3.39. The highest BCUT2D eigenvalue weighted by molar-refractivity contribution is 5.92. The number of hydrogen-bond acceptors (Lipinski definition) is 6. The van der Waals surface area contributed by atoms with Crippen LogP contribution < -0.4 is 15.0 Å². The largest absolute Gasteiger partial charge is 0.496 e. The van der Waals surface area contributed by atoms with Crippen LogP contribution >= 0.6 is 0 Å². The summed E-state index contributed by atoms with van der Waals surface area (Å²) < 4.78 is 5.36. The number of anilines is 1. The Morgan fingerprint density at radius 1 is 1.18 bits per heavy atom. The van der Waals surface area contributed by atoms with Crippen LogP contribution in [0.2, 0.25) is 0 Å². The number of rotatable bonds is 7. The number of amides is 1. The number of carbonyl (C=O) groups excluding carboxylic acids is 1. The number of ether oxygens (including phenoxy) is 1. The number of aromatic nitrogens is 2. The Morgan fingerprint density at radius 2 is 1.93 bits per heavy atom. The van der Waals surface area contributed by atoms with Gasteiger partial charge in [-0.15, -0.1) is 0 Å². The maximum Gasteiger partial charge on any atom is 0.270 e. The molecular formula is C21H29N5O2. The Morgan fingerprint density at radius 3 is 2.64 bits per heavy atom. The zero-order valence-corrected chi connectivity index (χ0v) is 16.9. The maximum absolute atomic E-state index is 12.6. The Balaban J connectivity index is 1.61. The van der Waals surface area contributed by atoms with Gasteiger partial charge in [-0.05, 0) is 37.6 Å². The standard InChI is InChI=1S/C21H29N5O2/c1-4-25-11-13-26(14-12-25)21-23-16(2)15-18(24-21)20(27)22-10-9-17-7-5-6-8-19(17)28-3/h5-8,15H,4,9-14H2,1-3H3,(H,22,27). The average Bonchev–Trinajstić information content (AvgIpc) is 2.73. The van der Waals surface area contributed by atoms with Crippen LogP contribution in [0.15, 0.2) is 30.3 Å². The molecule has 1 fully saturated rings. The zero-order valence-electron chi connectivity index (χ0n) is 16.9. The van der Waals surface area contributed by atoms with Gasteiger partial charge in [0.25, 0.3) is 5.91 Å². The maximum atomic E-state index is 12.6. The summed E-state index contributed by atoms with van der Waals surface area (Å²) in [4.78, 5) is 26.2. The third kappa shape index (κ3) is 4.98. The van der Waals surface area contributed by atoms with E-state index < -0.39 is 0 Å². The fourth-order valence-corrected chi connectivity index (χ4v) is 3.39. The van der Waals surface area contributed by atoms with E-state index in [1.54, 1.807) is 13.2 Å². The van der Waals surface area contributed by atoms with Crippen LogP contribution in [-0.4, -0.2) is 67.2 Å². The first-order valence-corrected chi connectivity index (χ1v) is 9.83. The molecule has 3 rings (SSSR count). The van der Waals surface area contributed by atoms with Crippen LogP contribution in [0.4, 0.5) is 5.95 Å². The summed E-state index contributed by atoms with van der Waals surface area (Å²) in [6.45, 7) is 9.40. The molecule has 0 saturated carbocycles. The van der Waals surface area contributed by atoms with Crippen LogP contribution in [0.3, 0.4) is 0 Å². The van der Waals surface area contributed by atoms with Gasteiger partial charge in [0.2, 0.25) is 5.95 Å². The van der Waals surface area contributed by atoms with E-state index in [1.807, 2.05) is 31.2 Å². The molecule has 7 nitrogen and oxygen atoms in total. The molecule has 0 aliphatic carbocycles. The highest BCUT2D eigenvalue weighted by Gasteiger charge is 2.20. The number of para-hydroxylation sites is 1. The number of likely N-dealkylation sites (N-methyl/N-ethyl adjacent to an activating group) is 1. The van der Waals surface area contributed by atoms with E-state index in [0.29, 0.717) is 24.6 Å². The fraction of sp³-hybridized carbons (Fsp3) is 0.476. The van der Waals surface area contributed by atoms with Crippen LogP contribution in [0.25, 0.3) is 0 Å². The highest BCUT2D eigenvalue weighted by atomic mass is 16.5. The van der Waals surface area contributed by atoms with Gasteiger partial charge in [-0.3, -0.25) is 4.79 Å². The molecule has 7 heteroatoms. The topological polar surface area (TPSA) is 70.6 Å². The van der Waals surface area contributed by atoms with Gasteiger partial charge < -0.3 is 19.9 Å². The predicted molar refractivity (Wildman–Crippen MR) is 110 cm³/mol. The zero-order chi connectivity index (χ0) is 19.9. The molecule has 1 amide bonds. The van der Waals surface area contributed by atoms with E-state index in [9.17, 15) is 4.79 Å². The van der Waals surface area contributed by atoms with Crippen LogP contribution in [-0.2, 0) is 6.42 Å². The molecule has 0 radical (unpaired) electrons. The predicted octanol–water partition coefficient (Wildman–Crippen LogP) is 1.91. The quantitative estimate of drug-likeness (QED) is 0.788. The van der Waals surface area contributed by atoms with Gasteiger partial charge in [-0.2, -0.15) is 0 Å². The minimum atomic E-state index is -0.172. The van der Waals surface area contributed by atoms with Gasteiger partial charge >= 0.3 is 0 Å². The lowest BCUT2D eigenvalue weighted by atomic mass is 10.1. The van der Waals surface area contributed by atoms with Gasteiger partial charge in [0.1, 0.15) is 11.4 Å². The molecule has 0 spiro atoms. The smallest absolute Gasteiger partial charge is 0.270 e. The Hall–Kier alpha value is -2.67. The molecule has 1 saturated heterocycles. The third-order valence-electron chi connectivity index (χ3n) is 5.05. The second-order valence-corrected chi connectivity index (χ2v) is 6.93. The van der Waals surface area contributed by atoms with Gasteiger partial charge in [-0.1, -0.05) is 25.1 Å². The van der Waals surface area contributed by atoms with Crippen molar-refractivity contribution >= 4 is 11.9 Å². The van der Waals surface area contributed by atoms with Gasteiger partial charge in [0, 0.05) is 38.4 Å². The van der Waals surface area contributed by atoms with E-state index in [0.717, 1.165) is 49.7 Å². The Labute approximate surface area is 166 Å². The summed E-state index contributed by atoms with van der Waals surface area (Å²) in [5, 5.41) is 2.96. The minimum Gasteiger partial charge on any atom is -0.496 e. The molecule has 28 heavy (non-hydrogen) atoms. The summed E-state index contributed by atoms with van der Waals surface area (Å²) in [7, 11) is 1.66. The minimum absolute atomic E-state index is 0.172. The summed E-state index contributed by atoms with van der Waals surface area (Å²) in [5.74, 6) is 1.31. The number of nitrogens with zero attached hydrogens (tertiary/aromatic N) is 4. The molecule has 150 valence electrons. The molecule has 0 atom stereocenters. The van der Waals surface area contributed by atoms with Crippen LogP contribution in [0, 0.1) is 6.92 Å². The van der Waals surface area contributed by atoms with Crippen LogP contribution in [0.5, 0.6) is 5.75 Å². The van der Waals surface area contributed by atoms with E-state index in [-0.39, 0.29) is 5.91 Å². The number of methoxy groups -OCH3 is 1. The van der Waals surface area contributed by atoms with Crippen molar-refractivity contribution in [1.29, 1.82) is 0 Å². The second-order valence-electron chi connectivity index (χ2n) is 6.93. The second kappa shape index (κ2) is 9.50. The molecule has 1 aromatic heterocycles. The molecular weight excluding hydrogens is 354 g/mol. The van der Waals surface area contributed by atoms with E-state index in [4.69, 9.17) is 4.74 Å². The molecule has 1 aromatic carbocycles. The van der Waals surface area contributed by atoms with Crippen molar-refractivity contribution in [2.45, 2.75) is 20.3 Å². The molecule has 1 aliphatic heterocycles. The molecule has 1 N–H and O–H groups in total. The summed E-state index contributed by atoms with van der Waals surface area (Å²) in [5.41, 5.74) is 2.29. The van der Waals surface area contributed by atoms with E-state index >= 15 is 0 Å². The number of aryl methyl sites for hydroxylation is 1. The highest BCUT2D eigenvalue weighted by Crippen LogP contribution is 2.17. The van der Waals surface area contributed by atoms with Crippen LogP contribution in [0.1, 0.15) is 28.7 Å². The lowest BCUT2D eigenvalue weighted by Crippen LogP contribution is -2.47. The van der Waals surface area contributed by atoms with Crippen molar-refractivity contribution in [2.75, 3.05) is 51.3 Å². The summed E-state index contributed by atoms with van der Waals surface area (Å²) >= 11 is 0. The summed E-state index contributed by atoms with van der Waals surface area (Å²) in [6.07, 6.45) is 0.700. The van der Waals surface area contributed by atoms with Crippen molar-refractivity contribution in [3.63, 3.8) is 0 Å². The molecule has 0 unspecified atom stereocenters. The van der Waals surface area contributed by atoms with Crippen molar-refractivity contribution in [2.24, 2.45) is 0 Å². The lowest BCUT2D eigenvalue weighted by Gasteiger charge is -2.34. The van der Waals surface area contributed by atoms with Crippen molar-refractivity contribution in [3.8, 4) is 5.75 Å². The molecule has 1 aliphatic rings. The van der Waals surface area contributed by atoms with Crippen molar-refractivity contribution in [3.05, 3.63) is 47.3 Å². The first kappa shape index (κ1) is 20.1. The van der Waals surface area contributed by atoms with Crippen molar-refractivity contribution < 1.29 is 9.53 Å². The number of nitrogens with one attached hydrogen (secondary N) is 1. The van der Waals surface area contributed by atoms with E-state index in [2.05, 4.69) is 32.0 Å². The number of carbonyl (C=O) groups is 1. The number of hydrogen-bond donors (Lipinski definition) is 1. The first-order chi connectivity index (χ1) is 13.6. The number of benzene rings is 1. The normalized spacial score (nSPS) is 14.8.